The molecule has 3 aromatic heterocycles. The van der Waals surface area contributed by atoms with Crippen LogP contribution < -0.4 is 10.9 Å². The largest absolute Gasteiger partial charge is 0.309 e. The molecule has 0 fully saturated rings. The fourth-order valence-corrected chi connectivity index (χ4v) is 4.33. The highest BCUT2D eigenvalue weighted by Crippen LogP contribution is 2.25. The van der Waals surface area contributed by atoms with Crippen molar-refractivity contribution in [3.63, 3.8) is 0 Å². The Hall–Kier alpha value is -3.26. The number of fused-ring (bicyclic) bond motifs is 1. The van der Waals surface area contributed by atoms with E-state index in [1.807, 2.05) is 13.8 Å². The predicted molar refractivity (Wildman–Crippen MR) is 119 cm³/mol. The quantitative estimate of drug-likeness (QED) is 0.516. The van der Waals surface area contributed by atoms with Gasteiger partial charge in [0.05, 0.1) is 24.5 Å². The van der Waals surface area contributed by atoms with Gasteiger partial charge in [0.15, 0.2) is 0 Å². The van der Waals surface area contributed by atoms with Crippen LogP contribution in [0.2, 0.25) is 0 Å². The molecule has 3 heterocycles. The Morgan fingerprint density at radius 2 is 1.87 bits per heavy atom. The van der Waals surface area contributed by atoms with Crippen molar-refractivity contribution in [1.82, 2.24) is 19.3 Å². The zero-order chi connectivity index (χ0) is 21.3. The number of aryl methyl sites for hydroxylation is 3. The average molecular weight is 422 g/mol. The van der Waals surface area contributed by atoms with Crippen LogP contribution in [-0.2, 0) is 24.3 Å². The summed E-state index contributed by atoms with van der Waals surface area (Å²) in [5, 5.41) is 7.75. The van der Waals surface area contributed by atoms with Gasteiger partial charge >= 0.3 is 0 Å². The van der Waals surface area contributed by atoms with Gasteiger partial charge in [-0.05, 0) is 37.0 Å². The molecular formula is C22H23N5O2S. The summed E-state index contributed by atoms with van der Waals surface area (Å²) in [6.45, 7) is 6.44. The van der Waals surface area contributed by atoms with Crippen molar-refractivity contribution in [2.24, 2.45) is 0 Å². The van der Waals surface area contributed by atoms with Crippen molar-refractivity contribution in [2.75, 3.05) is 5.32 Å². The van der Waals surface area contributed by atoms with Gasteiger partial charge in [0.1, 0.15) is 17.2 Å². The molecule has 1 amide bonds. The predicted octanol–water partition coefficient (Wildman–Crippen LogP) is 3.52. The van der Waals surface area contributed by atoms with E-state index in [9.17, 15) is 9.59 Å². The maximum atomic E-state index is 12.8. The second-order valence-electron chi connectivity index (χ2n) is 7.23. The molecule has 0 saturated carbocycles. The summed E-state index contributed by atoms with van der Waals surface area (Å²) in [5.41, 5.74) is 3.11. The molecule has 0 aliphatic carbocycles. The minimum absolute atomic E-state index is 0.105. The Balaban J connectivity index is 1.49. The van der Waals surface area contributed by atoms with Gasteiger partial charge in [-0.1, -0.05) is 31.2 Å². The summed E-state index contributed by atoms with van der Waals surface area (Å²) < 4.78 is 3.08. The zero-order valence-electron chi connectivity index (χ0n) is 17.2. The highest BCUT2D eigenvalue weighted by Gasteiger charge is 2.14. The first kappa shape index (κ1) is 20.0. The molecule has 0 spiro atoms. The van der Waals surface area contributed by atoms with E-state index in [0.717, 1.165) is 22.4 Å². The Morgan fingerprint density at radius 1 is 1.13 bits per heavy atom. The Bertz CT molecular complexity index is 1270. The van der Waals surface area contributed by atoms with Crippen LogP contribution in [0.15, 0.2) is 47.7 Å². The van der Waals surface area contributed by atoms with Crippen molar-refractivity contribution in [3.05, 3.63) is 74.8 Å². The molecule has 7 nitrogen and oxygen atoms in total. The third-order valence-electron chi connectivity index (χ3n) is 5.22. The van der Waals surface area contributed by atoms with E-state index in [1.165, 1.54) is 27.8 Å². The molecule has 30 heavy (non-hydrogen) atoms. The molecule has 0 aliphatic heterocycles. The summed E-state index contributed by atoms with van der Waals surface area (Å²) >= 11 is 1.49. The lowest BCUT2D eigenvalue weighted by Gasteiger charge is -2.10. The number of carbonyl (C=O) groups excluding carboxylic acids is 1. The highest BCUT2D eigenvalue weighted by molar-refractivity contribution is 7.18. The van der Waals surface area contributed by atoms with E-state index in [2.05, 4.69) is 46.6 Å². The number of anilines is 1. The molecule has 154 valence electrons. The van der Waals surface area contributed by atoms with Crippen LogP contribution in [-0.4, -0.2) is 25.2 Å². The smallest absolute Gasteiger partial charge is 0.262 e. The Labute approximate surface area is 178 Å². The van der Waals surface area contributed by atoms with Crippen molar-refractivity contribution >= 4 is 33.3 Å². The third-order valence-corrected chi connectivity index (χ3v) is 6.33. The molecule has 0 bridgehead atoms. The third kappa shape index (κ3) is 3.91. The summed E-state index contributed by atoms with van der Waals surface area (Å²) in [4.78, 5) is 31.5. The van der Waals surface area contributed by atoms with Crippen LogP contribution in [0, 0.1) is 13.8 Å². The van der Waals surface area contributed by atoms with Crippen molar-refractivity contribution in [2.45, 2.75) is 40.3 Å². The van der Waals surface area contributed by atoms with Gasteiger partial charge in [-0.15, -0.1) is 11.3 Å². The molecule has 4 aromatic rings. The first-order valence-electron chi connectivity index (χ1n) is 9.81. The van der Waals surface area contributed by atoms with Crippen molar-refractivity contribution in [1.29, 1.82) is 0 Å². The molecule has 0 radical (unpaired) electrons. The number of rotatable bonds is 6. The molecule has 8 heteroatoms. The molecular weight excluding hydrogens is 398 g/mol. The topological polar surface area (TPSA) is 81.8 Å². The van der Waals surface area contributed by atoms with Crippen molar-refractivity contribution in [3.8, 4) is 0 Å². The number of aromatic nitrogens is 4. The fourth-order valence-electron chi connectivity index (χ4n) is 3.34. The highest BCUT2D eigenvalue weighted by atomic mass is 32.1. The van der Waals surface area contributed by atoms with E-state index in [1.54, 1.807) is 16.9 Å². The lowest BCUT2D eigenvalue weighted by Crippen LogP contribution is -2.28. The number of carbonyl (C=O) groups is 1. The molecule has 0 atom stereocenters. The average Bonchev–Trinajstić information content (AvgIpc) is 3.28. The van der Waals surface area contributed by atoms with Crippen LogP contribution in [0.3, 0.4) is 0 Å². The number of hydrogen-bond acceptors (Lipinski definition) is 5. The van der Waals surface area contributed by atoms with Gasteiger partial charge in [0.2, 0.25) is 5.91 Å². The minimum atomic E-state index is -0.300. The first-order chi connectivity index (χ1) is 14.5. The second-order valence-corrected chi connectivity index (χ2v) is 8.44. The Kier molecular flexibility index (Phi) is 5.50. The van der Waals surface area contributed by atoms with E-state index in [-0.39, 0.29) is 18.0 Å². The second kappa shape index (κ2) is 8.23. The van der Waals surface area contributed by atoms with E-state index >= 15 is 0 Å². The summed E-state index contributed by atoms with van der Waals surface area (Å²) in [5.74, 6) is 0.287. The van der Waals surface area contributed by atoms with Crippen LogP contribution in [0.25, 0.3) is 10.2 Å². The molecule has 0 saturated heterocycles. The zero-order valence-corrected chi connectivity index (χ0v) is 18.0. The van der Waals surface area contributed by atoms with Gasteiger partial charge in [0.25, 0.3) is 5.56 Å². The lowest BCUT2D eigenvalue weighted by atomic mass is 10.1. The molecule has 1 N–H and O–H groups in total. The van der Waals surface area contributed by atoms with E-state index in [0.29, 0.717) is 22.6 Å². The normalized spacial score (nSPS) is 11.2. The van der Waals surface area contributed by atoms with Gasteiger partial charge in [0, 0.05) is 10.9 Å². The number of thiophene rings is 1. The van der Waals surface area contributed by atoms with Crippen LogP contribution in [0.4, 0.5) is 5.82 Å². The summed E-state index contributed by atoms with van der Waals surface area (Å²) in [7, 11) is 0. The van der Waals surface area contributed by atoms with E-state index < -0.39 is 0 Å². The van der Waals surface area contributed by atoms with E-state index in [4.69, 9.17) is 0 Å². The van der Waals surface area contributed by atoms with Crippen LogP contribution in [0.1, 0.15) is 28.5 Å². The molecule has 4 rings (SSSR count). The maximum Gasteiger partial charge on any atom is 0.262 e. The van der Waals surface area contributed by atoms with Gasteiger partial charge in [-0.2, -0.15) is 5.10 Å². The molecule has 1 aromatic carbocycles. The van der Waals surface area contributed by atoms with Gasteiger partial charge in [-0.25, -0.2) is 9.67 Å². The fraction of sp³-hybridized carbons (Fsp3) is 0.273. The number of benzene rings is 1. The number of hydrogen-bond donors (Lipinski definition) is 1. The monoisotopic (exact) mass is 421 g/mol. The van der Waals surface area contributed by atoms with Crippen LogP contribution in [0.5, 0.6) is 0 Å². The van der Waals surface area contributed by atoms with Crippen molar-refractivity contribution < 1.29 is 4.79 Å². The minimum Gasteiger partial charge on any atom is -0.309 e. The Morgan fingerprint density at radius 3 is 2.60 bits per heavy atom. The first-order valence-corrected chi connectivity index (χ1v) is 10.6. The number of nitrogens with one attached hydrogen (secondary N) is 1. The SMILES string of the molecule is CCc1ccc(Cn2nccc2NC(=O)Cn2cnc3sc(C)c(C)c3c2=O)cc1. The maximum absolute atomic E-state index is 12.8. The number of amides is 1. The lowest BCUT2D eigenvalue weighted by molar-refractivity contribution is -0.116. The molecule has 0 aliphatic rings. The van der Waals surface area contributed by atoms with Crippen LogP contribution >= 0.6 is 11.3 Å². The summed E-state index contributed by atoms with van der Waals surface area (Å²) in [6, 6.07) is 10.1. The number of nitrogens with zero attached hydrogens (tertiary/aromatic N) is 4. The molecule has 0 unspecified atom stereocenters. The standard InChI is InChI=1S/C22H23N5O2S/c1-4-16-5-7-17(8-6-16)11-27-18(9-10-24-27)25-19(28)12-26-13-23-21-20(22(26)29)14(2)15(3)30-21/h5-10,13H,4,11-12H2,1-3H3,(H,25,28). The van der Waals surface area contributed by atoms with Gasteiger partial charge < -0.3 is 5.32 Å². The summed E-state index contributed by atoms with van der Waals surface area (Å²) in [6.07, 6.45) is 4.08. The van der Waals surface area contributed by atoms with Gasteiger partial charge in [-0.3, -0.25) is 14.2 Å².